The molecule has 0 radical (unpaired) electrons. The standard InChI is InChI=1S/C13H16N2O2/c1-3-8-17-12-6-4-11(5-7-12)15-13(16)10(2)9-14/h4-7,10H,3,8H2,1-2H3,(H,15,16). The van der Waals surface area contributed by atoms with Crippen LogP contribution in [0.5, 0.6) is 5.75 Å². The van der Waals surface area contributed by atoms with Crippen LogP contribution < -0.4 is 10.1 Å². The van der Waals surface area contributed by atoms with Gasteiger partial charge in [-0.15, -0.1) is 0 Å². The maximum Gasteiger partial charge on any atom is 0.241 e. The second-order valence-electron chi connectivity index (χ2n) is 3.71. The van der Waals surface area contributed by atoms with Crippen molar-refractivity contribution in [2.45, 2.75) is 20.3 Å². The van der Waals surface area contributed by atoms with Crippen molar-refractivity contribution in [3.05, 3.63) is 24.3 Å². The molecule has 0 saturated carbocycles. The third-order valence-electron chi connectivity index (χ3n) is 2.18. The Labute approximate surface area is 101 Å². The number of anilines is 1. The van der Waals surface area contributed by atoms with Crippen molar-refractivity contribution in [1.29, 1.82) is 5.26 Å². The van der Waals surface area contributed by atoms with Gasteiger partial charge in [-0.05, 0) is 37.6 Å². The Bertz CT molecular complexity index is 406. The van der Waals surface area contributed by atoms with Crippen LogP contribution in [0.1, 0.15) is 20.3 Å². The first-order chi connectivity index (χ1) is 8.17. The van der Waals surface area contributed by atoms with Gasteiger partial charge >= 0.3 is 0 Å². The minimum absolute atomic E-state index is 0.297. The van der Waals surface area contributed by atoms with Crippen molar-refractivity contribution >= 4 is 11.6 Å². The molecule has 90 valence electrons. The maximum atomic E-state index is 11.4. The third-order valence-corrected chi connectivity index (χ3v) is 2.18. The van der Waals surface area contributed by atoms with E-state index >= 15 is 0 Å². The minimum atomic E-state index is -0.647. The van der Waals surface area contributed by atoms with Crippen molar-refractivity contribution in [3.8, 4) is 11.8 Å². The molecule has 17 heavy (non-hydrogen) atoms. The molecule has 1 atom stereocenters. The summed E-state index contributed by atoms with van der Waals surface area (Å²) in [5.74, 6) is -0.168. The van der Waals surface area contributed by atoms with Crippen LogP contribution in [-0.2, 0) is 4.79 Å². The molecule has 0 spiro atoms. The number of hydrogen-bond donors (Lipinski definition) is 1. The molecule has 4 nitrogen and oxygen atoms in total. The molecule has 0 aliphatic heterocycles. The number of hydrogen-bond acceptors (Lipinski definition) is 3. The van der Waals surface area contributed by atoms with E-state index in [9.17, 15) is 4.79 Å². The van der Waals surface area contributed by atoms with E-state index in [1.165, 1.54) is 0 Å². The third kappa shape index (κ3) is 4.15. The molecular weight excluding hydrogens is 216 g/mol. The van der Waals surface area contributed by atoms with Crippen molar-refractivity contribution in [2.75, 3.05) is 11.9 Å². The topological polar surface area (TPSA) is 62.1 Å². The summed E-state index contributed by atoms with van der Waals surface area (Å²) in [5.41, 5.74) is 0.668. The Balaban J connectivity index is 2.57. The Hall–Kier alpha value is -2.02. The highest BCUT2D eigenvalue weighted by molar-refractivity contribution is 5.93. The van der Waals surface area contributed by atoms with Crippen LogP contribution in [0, 0.1) is 17.2 Å². The maximum absolute atomic E-state index is 11.4. The van der Waals surface area contributed by atoms with E-state index < -0.39 is 5.92 Å². The van der Waals surface area contributed by atoms with Gasteiger partial charge in [0.15, 0.2) is 0 Å². The molecule has 1 aromatic carbocycles. The van der Waals surface area contributed by atoms with Crippen LogP contribution in [0.3, 0.4) is 0 Å². The molecular formula is C13H16N2O2. The van der Waals surface area contributed by atoms with E-state index in [1.807, 2.05) is 13.0 Å². The number of rotatable bonds is 5. The van der Waals surface area contributed by atoms with E-state index in [1.54, 1.807) is 31.2 Å². The van der Waals surface area contributed by atoms with E-state index in [4.69, 9.17) is 10.00 Å². The lowest BCUT2D eigenvalue weighted by Gasteiger charge is -2.08. The summed E-state index contributed by atoms with van der Waals surface area (Å²) in [6.45, 7) is 4.28. The van der Waals surface area contributed by atoms with Crippen LogP contribution in [0.15, 0.2) is 24.3 Å². The first-order valence-corrected chi connectivity index (χ1v) is 5.60. The van der Waals surface area contributed by atoms with Gasteiger partial charge in [0.25, 0.3) is 0 Å². The zero-order valence-corrected chi connectivity index (χ0v) is 10.1. The lowest BCUT2D eigenvalue weighted by Crippen LogP contribution is -2.18. The quantitative estimate of drug-likeness (QED) is 0.848. The Kier molecular flexibility index (Phi) is 5.02. The molecule has 0 heterocycles. The van der Waals surface area contributed by atoms with Crippen molar-refractivity contribution < 1.29 is 9.53 Å². The molecule has 1 N–H and O–H groups in total. The molecule has 0 saturated heterocycles. The molecule has 0 fully saturated rings. The van der Waals surface area contributed by atoms with Crippen molar-refractivity contribution in [1.82, 2.24) is 0 Å². The van der Waals surface area contributed by atoms with Gasteiger partial charge in [-0.1, -0.05) is 6.92 Å². The average molecular weight is 232 g/mol. The molecule has 1 rings (SSSR count). The number of carbonyl (C=O) groups is 1. The first-order valence-electron chi connectivity index (χ1n) is 5.60. The largest absolute Gasteiger partial charge is 0.494 e. The Morgan fingerprint density at radius 2 is 2.12 bits per heavy atom. The zero-order chi connectivity index (χ0) is 12.7. The number of nitriles is 1. The van der Waals surface area contributed by atoms with Gasteiger partial charge in [-0.3, -0.25) is 4.79 Å². The van der Waals surface area contributed by atoms with Gasteiger partial charge < -0.3 is 10.1 Å². The smallest absolute Gasteiger partial charge is 0.241 e. The van der Waals surface area contributed by atoms with Gasteiger partial charge in [0.05, 0.1) is 12.7 Å². The van der Waals surface area contributed by atoms with E-state index in [-0.39, 0.29) is 5.91 Å². The zero-order valence-electron chi connectivity index (χ0n) is 10.1. The normalized spacial score (nSPS) is 11.4. The van der Waals surface area contributed by atoms with Crippen molar-refractivity contribution in [3.63, 3.8) is 0 Å². The molecule has 1 aromatic rings. The number of ether oxygens (including phenoxy) is 1. The summed E-state index contributed by atoms with van der Waals surface area (Å²) < 4.78 is 5.42. The van der Waals surface area contributed by atoms with E-state index in [0.717, 1.165) is 12.2 Å². The van der Waals surface area contributed by atoms with Crippen LogP contribution in [0.4, 0.5) is 5.69 Å². The number of carbonyl (C=O) groups excluding carboxylic acids is 1. The molecule has 0 aromatic heterocycles. The lowest BCUT2D eigenvalue weighted by molar-refractivity contribution is -0.117. The SMILES string of the molecule is CCCOc1ccc(NC(=O)C(C)C#N)cc1. The summed E-state index contributed by atoms with van der Waals surface area (Å²) in [7, 11) is 0. The molecule has 0 bridgehead atoms. The second-order valence-corrected chi connectivity index (χ2v) is 3.71. The van der Waals surface area contributed by atoms with Gasteiger partial charge in [-0.2, -0.15) is 5.26 Å². The van der Waals surface area contributed by atoms with Gasteiger partial charge in [0, 0.05) is 5.69 Å². The summed E-state index contributed by atoms with van der Waals surface area (Å²) in [5, 5.41) is 11.3. The van der Waals surface area contributed by atoms with Gasteiger partial charge in [0.2, 0.25) is 5.91 Å². The predicted molar refractivity (Wildman–Crippen MR) is 65.6 cm³/mol. The van der Waals surface area contributed by atoms with Crippen molar-refractivity contribution in [2.24, 2.45) is 5.92 Å². The highest BCUT2D eigenvalue weighted by Gasteiger charge is 2.11. The highest BCUT2D eigenvalue weighted by Crippen LogP contribution is 2.16. The molecule has 4 heteroatoms. The Morgan fingerprint density at radius 3 is 2.65 bits per heavy atom. The second kappa shape index (κ2) is 6.54. The Morgan fingerprint density at radius 1 is 1.47 bits per heavy atom. The fraction of sp³-hybridized carbons (Fsp3) is 0.385. The molecule has 0 aliphatic rings. The van der Waals surface area contributed by atoms with E-state index in [2.05, 4.69) is 5.32 Å². The predicted octanol–water partition coefficient (Wildman–Crippen LogP) is 2.57. The molecule has 0 aliphatic carbocycles. The monoisotopic (exact) mass is 232 g/mol. The van der Waals surface area contributed by atoms with Crippen LogP contribution in [-0.4, -0.2) is 12.5 Å². The number of benzene rings is 1. The van der Waals surface area contributed by atoms with Gasteiger partial charge in [0.1, 0.15) is 11.7 Å². The lowest BCUT2D eigenvalue weighted by atomic mass is 10.2. The van der Waals surface area contributed by atoms with E-state index in [0.29, 0.717) is 12.3 Å². The van der Waals surface area contributed by atoms with Gasteiger partial charge in [-0.25, -0.2) is 0 Å². The summed E-state index contributed by atoms with van der Waals surface area (Å²) >= 11 is 0. The first kappa shape index (κ1) is 13.0. The number of nitrogens with zero attached hydrogens (tertiary/aromatic N) is 1. The highest BCUT2D eigenvalue weighted by atomic mass is 16.5. The summed E-state index contributed by atoms with van der Waals surface area (Å²) in [6.07, 6.45) is 0.957. The van der Waals surface area contributed by atoms with Crippen LogP contribution >= 0.6 is 0 Å². The fourth-order valence-electron chi connectivity index (χ4n) is 1.16. The van der Waals surface area contributed by atoms with Crippen LogP contribution in [0.25, 0.3) is 0 Å². The fourth-order valence-corrected chi connectivity index (χ4v) is 1.16. The average Bonchev–Trinajstić information content (AvgIpc) is 2.37. The number of nitrogens with one attached hydrogen (secondary N) is 1. The van der Waals surface area contributed by atoms with Crippen LogP contribution in [0.2, 0.25) is 0 Å². The summed E-state index contributed by atoms with van der Waals surface area (Å²) in [4.78, 5) is 11.4. The number of amides is 1. The summed E-state index contributed by atoms with van der Waals surface area (Å²) in [6, 6.07) is 8.99. The molecule has 1 unspecified atom stereocenters. The molecule has 1 amide bonds. The minimum Gasteiger partial charge on any atom is -0.494 e.